The number of hydrogen-bond donors (Lipinski definition) is 1. The van der Waals surface area contributed by atoms with Crippen molar-refractivity contribution in [2.75, 3.05) is 6.54 Å². The van der Waals surface area contributed by atoms with Gasteiger partial charge in [-0.3, -0.25) is 4.79 Å². The molecule has 0 aliphatic heterocycles. The average molecular weight is 438 g/mol. The molecule has 0 saturated heterocycles. The molecule has 0 fully saturated rings. The predicted molar refractivity (Wildman–Crippen MR) is 136 cm³/mol. The molecule has 0 bridgehead atoms. The first kappa shape index (κ1) is 22.7. The summed E-state index contributed by atoms with van der Waals surface area (Å²) >= 11 is 0. The molecule has 0 saturated carbocycles. The molecule has 0 atom stereocenters. The maximum atomic E-state index is 12.7. The summed E-state index contributed by atoms with van der Waals surface area (Å²) in [4.78, 5) is 22.6. The Hall–Kier alpha value is -3.53. The Morgan fingerprint density at radius 3 is 1.91 bits per heavy atom. The lowest BCUT2D eigenvalue weighted by Crippen LogP contribution is -2.24. The summed E-state index contributed by atoms with van der Waals surface area (Å²) in [6.45, 7) is 2.93. The highest BCUT2D eigenvalue weighted by Gasteiger charge is 2.14. The van der Waals surface area contributed by atoms with Crippen molar-refractivity contribution in [3.63, 3.8) is 0 Å². The van der Waals surface area contributed by atoms with Crippen molar-refractivity contribution in [3.05, 3.63) is 84.4 Å². The van der Waals surface area contributed by atoms with Crippen molar-refractivity contribution < 1.29 is 4.79 Å². The molecule has 0 unspecified atom stereocenters. The quantitative estimate of drug-likeness (QED) is 0.270. The van der Waals surface area contributed by atoms with Crippen LogP contribution in [0.4, 0.5) is 0 Å². The van der Waals surface area contributed by atoms with Crippen LogP contribution in [0.3, 0.4) is 0 Å². The standard InChI is InChI=1S/C29H31N3O/c1-2-3-4-5-6-13-20-30-29(33)24-18-19-25-26(21-24)32-28(23-16-11-8-12-17-23)27(31-25)22-14-9-7-10-15-22/h7-12,14-19,21H,2-6,13,20H2,1H3,(H,30,33). The number of hydrogen-bond acceptors (Lipinski definition) is 3. The third-order valence-corrected chi connectivity index (χ3v) is 5.84. The van der Waals surface area contributed by atoms with Crippen LogP contribution in [0.15, 0.2) is 78.9 Å². The summed E-state index contributed by atoms with van der Waals surface area (Å²) < 4.78 is 0. The first-order chi connectivity index (χ1) is 16.3. The van der Waals surface area contributed by atoms with E-state index in [0.29, 0.717) is 12.1 Å². The molecule has 1 heterocycles. The Kier molecular flexibility index (Phi) is 7.81. The predicted octanol–water partition coefficient (Wildman–Crippen LogP) is 7.05. The van der Waals surface area contributed by atoms with Gasteiger partial charge in [-0.15, -0.1) is 0 Å². The van der Waals surface area contributed by atoms with Gasteiger partial charge in [0.2, 0.25) is 0 Å². The highest BCUT2D eigenvalue weighted by molar-refractivity contribution is 5.98. The minimum Gasteiger partial charge on any atom is -0.352 e. The lowest BCUT2D eigenvalue weighted by atomic mass is 10.0. The smallest absolute Gasteiger partial charge is 0.251 e. The largest absolute Gasteiger partial charge is 0.352 e. The first-order valence-corrected chi connectivity index (χ1v) is 12.0. The zero-order chi connectivity index (χ0) is 22.9. The number of nitrogens with one attached hydrogen (secondary N) is 1. The van der Waals surface area contributed by atoms with E-state index < -0.39 is 0 Å². The number of nitrogens with zero attached hydrogens (tertiary/aromatic N) is 2. The van der Waals surface area contributed by atoms with Crippen molar-refractivity contribution in [2.24, 2.45) is 0 Å². The van der Waals surface area contributed by atoms with Crippen LogP contribution < -0.4 is 5.32 Å². The summed E-state index contributed by atoms with van der Waals surface area (Å²) in [5.74, 6) is -0.0549. The van der Waals surface area contributed by atoms with Gasteiger partial charge in [0.05, 0.1) is 22.4 Å². The second kappa shape index (κ2) is 11.4. The van der Waals surface area contributed by atoms with Gasteiger partial charge in [0.1, 0.15) is 0 Å². The zero-order valence-corrected chi connectivity index (χ0v) is 19.3. The molecule has 1 N–H and O–H groups in total. The van der Waals surface area contributed by atoms with Crippen molar-refractivity contribution in [2.45, 2.75) is 45.4 Å². The van der Waals surface area contributed by atoms with E-state index in [0.717, 1.165) is 46.4 Å². The van der Waals surface area contributed by atoms with Gasteiger partial charge in [0.25, 0.3) is 5.91 Å². The van der Waals surface area contributed by atoms with Crippen LogP contribution >= 0.6 is 0 Å². The van der Waals surface area contributed by atoms with Gasteiger partial charge < -0.3 is 5.32 Å². The Morgan fingerprint density at radius 1 is 0.697 bits per heavy atom. The van der Waals surface area contributed by atoms with Crippen molar-refractivity contribution >= 4 is 16.9 Å². The second-order valence-electron chi connectivity index (χ2n) is 8.38. The monoisotopic (exact) mass is 437 g/mol. The number of carbonyl (C=O) groups excluding carboxylic acids is 1. The topological polar surface area (TPSA) is 54.9 Å². The summed E-state index contributed by atoms with van der Waals surface area (Å²) in [7, 11) is 0. The summed E-state index contributed by atoms with van der Waals surface area (Å²) in [5.41, 5.74) is 5.81. The number of fused-ring (bicyclic) bond motifs is 1. The van der Waals surface area contributed by atoms with E-state index in [9.17, 15) is 4.79 Å². The molecule has 168 valence electrons. The van der Waals surface area contributed by atoms with Crippen LogP contribution in [0.25, 0.3) is 33.5 Å². The number of unbranched alkanes of at least 4 members (excludes halogenated alkanes) is 5. The van der Waals surface area contributed by atoms with E-state index in [1.165, 1.54) is 25.7 Å². The SMILES string of the molecule is CCCCCCCCNC(=O)c1ccc2nc(-c3ccccc3)c(-c3ccccc3)nc2c1. The van der Waals surface area contributed by atoms with E-state index in [1.807, 2.05) is 78.9 Å². The molecule has 0 aliphatic rings. The fraction of sp³-hybridized carbons (Fsp3) is 0.276. The molecule has 4 nitrogen and oxygen atoms in total. The van der Waals surface area contributed by atoms with E-state index in [2.05, 4.69) is 12.2 Å². The second-order valence-corrected chi connectivity index (χ2v) is 8.38. The number of rotatable bonds is 10. The van der Waals surface area contributed by atoms with Crippen LogP contribution in [0.2, 0.25) is 0 Å². The van der Waals surface area contributed by atoms with Gasteiger partial charge in [-0.2, -0.15) is 0 Å². The van der Waals surface area contributed by atoms with Crippen molar-refractivity contribution in [1.29, 1.82) is 0 Å². The van der Waals surface area contributed by atoms with Crippen LogP contribution in [-0.4, -0.2) is 22.4 Å². The Bertz CT molecular complexity index is 1190. The summed E-state index contributed by atoms with van der Waals surface area (Å²) in [6, 6.07) is 25.8. The number of amides is 1. The van der Waals surface area contributed by atoms with E-state index in [1.54, 1.807) is 0 Å². The first-order valence-electron chi connectivity index (χ1n) is 12.0. The molecule has 4 rings (SSSR count). The number of benzene rings is 3. The number of carbonyl (C=O) groups is 1. The van der Waals surface area contributed by atoms with Crippen molar-refractivity contribution in [1.82, 2.24) is 15.3 Å². The minimum absolute atomic E-state index is 0.0549. The lowest BCUT2D eigenvalue weighted by Gasteiger charge is -2.11. The molecular formula is C29H31N3O. The van der Waals surface area contributed by atoms with Crippen LogP contribution in [0.5, 0.6) is 0 Å². The molecule has 4 aromatic rings. The molecular weight excluding hydrogens is 406 g/mol. The van der Waals surface area contributed by atoms with Gasteiger partial charge in [0.15, 0.2) is 0 Å². The van der Waals surface area contributed by atoms with E-state index in [-0.39, 0.29) is 5.91 Å². The third kappa shape index (κ3) is 5.83. The average Bonchev–Trinajstić information content (AvgIpc) is 2.88. The van der Waals surface area contributed by atoms with Gasteiger partial charge in [-0.1, -0.05) is 99.7 Å². The molecule has 0 aliphatic carbocycles. The molecule has 1 amide bonds. The zero-order valence-electron chi connectivity index (χ0n) is 19.3. The normalized spacial score (nSPS) is 10.9. The Balaban J connectivity index is 1.57. The number of aromatic nitrogens is 2. The summed E-state index contributed by atoms with van der Waals surface area (Å²) in [5, 5.41) is 3.05. The van der Waals surface area contributed by atoms with Crippen molar-refractivity contribution in [3.8, 4) is 22.5 Å². The molecule has 3 aromatic carbocycles. The minimum atomic E-state index is -0.0549. The molecule has 4 heteroatoms. The maximum absolute atomic E-state index is 12.7. The van der Waals surface area contributed by atoms with Gasteiger partial charge >= 0.3 is 0 Å². The fourth-order valence-corrected chi connectivity index (χ4v) is 4.00. The molecule has 1 aromatic heterocycles. The van der Waals surface area contributed by atoms with Gasteiger partial charge in [-0.05, 0) is 24.6 Å². The van der Waals surface area contributed by atoms with Crippen LogP contribution in [0.1, 0.15) is 55.8 Å². The Labute approximate surface area is 196 Å². The summed E-state index contributed by atoms with van der Waals surface area (Å²) in [6.07, 6.45) is 7.24. The highest BCUT2D eigenvalue weighted by atomic mass is 16.1. The highest BCUT2D eigenvalue weighted by Crippen LogP contribution is 2.31. The third-order valence-electron chi connectivity index (χ3n) is 5.84. The molecule has 0 radical (unpaired) electrons. The van der Waals surface area contributed by atoms with E-state index in [4.69, 9.17) is 9.97 Å². The molecule has 33 heavy (non-hydrogen) atoms. The molecule has 0 spiro atoms. The van der Waals surface area contributed by atoms with Crippen LogP contribution in [0, 0.1) is 0 Å². The fourth-order valence-electron chi connectivity index (χ4n) is 4.00. The van der Waals surface area contributed by atoms with Gasteiger partial charge in [0, 0.05) is 23.2 Å². The maximum Gasteiger partial charge on any atom is 0.251 e. The lowest BCUT2D eigenvalue weighted by molar-refractivity contribution is 0.0953. The van der Waals surface area contributed by atoms with Gasteiger partial charge in [-0.25, -0.2) is 9.97 Å². The van der Waals surface area contributed by atoms with E-state index >= 15 is 0 Å². The van der Waals surface area contributed by atoms with Crippen LogP contribution in [-0.2, 0) is 0 Å². The Morgan fingerprint density at radius 2 is 1.27 bits per heavy atom.